The Kier molecular flexibility index (Phi) is 6.97. The van der Waals surface area contributed by atoms with E-state index in [0.29, 0.717) is 17.0 Å². The maximum Gasteiger partial charge on any atom is 0.386 e. The van der Waals surface area contributed by atoms with E-state index in [1.807, 2.05) is 0 Å². The molecular formula is C18H20N8O8P2S2. The first-order valence-corrected chi connectivity index (χ1v) is 16.5. The molecule has 0 spiro atoms. The summed E-state index contributed by atoms with van der Waals surface area (Å²) < 4.78 is 44.6. The van der Waals surface area contributed by atoms with Crippen molar-refractivity contribution in [3.8, 4) is 0 Å². The highest BCUT2D eigenvalue weighted by Gasteiger charge is 2.42. The highest BCUT2D eigenvalue weighted by atomic mass is 32.7. The summed E-state index contributed by atoms with van der Waals surface area (Å²) in [6.07, 6.45) is 3.20. The topological polar surface area (TPSA) is 191 Å². The quantitative estimate of drug-likeness (QED) is 0.210. The Labute approximate surface area is 223 Å². The summed E-state index contributed by atoms with van der Waals surface area (Å²) >= 11 is 9.39. The zero-order chi connectivity index (χ0) is 26.5. The fraction of sp³-hybridized carbons (Fsp3) is 0.444. The zero-order valence-electron chi connectivity index (χ0n) is 19.3. The maximum atomic E-state index is 12.8. The summed E-state index contributed by atoms with van der Waals surface area (Å²) in [5.74, 6) is 0.363. The van der Waals surface area contributed by atoms with Gasteiger partial charge >= 0.3 is 13.5 Å². The summed E-state index contributed by atoms with van der Waals surface area (Å²) in [4.78, 5) is 46.5. The lowest BCUT2D eigenvalue weighted by Crippen LogP contribution is -2.22. The number of H-pyrrole nitrogens is 1. The van der Waals surface area contributed by atoms with Crippen molar-refractivity contribution >= 4 is 59.9 Å². The Hall–Kier alpha value is -2.11. The summed E-state index contributed by atoms with van der Waals surface area (Å²) in [5, 5.41) is 0. The van der Waals surface area contributed by atoms with Gasteiger partial charge in [0.15, 0.2) is 23.0 Å². The smallest absolute Gasteiger partial charge is 0.349 e. The molecule has 6 heterocycles. The van der Waals surface area contributed by atoms with Crippen molar-refractivity contribution in [3.05, 3.63) is 41.4 Å². The SMILES string of the molecule is O=c1[nH]cnc2c1ncn2[C@@H]1O[C@@H]2COP(=O)(S)OCCn3c(nc4cncnc43)COP(O)(=S)O[C@@H]1C2. The average molecular weight is 602 g/mol. The van der Waals surface area contributed by atoms with Crippen LogP contribution in [0.15, 0.2) is 30.0 Å². The normalized spacial score (nSPS) is 31.2. The molecule has 0 radical (unpaired) electrons. The van der Waals surface area contributed by atoms with Crippen LogP contribution in [-0.4, -0.2) is 69.4 Å². The van der Waals surface area contributed by atoms with Crippen molar-refractivity contribution in [2.75, 3.05) is 13.2 Å². The first-order chi connectivity index (χ1) is 18.2. The number of aromatic nitrogens is 8. The lowest BCUT2D eigenvalue weighted by atomic mass is 10.2. The fourth-order valence-corrected chi connectivity index (χ4v) is 6.83. The van der Waals surface area contributed by atoms with Crippen LogP contribution in [-0.2, 0) is 52.4 Å². The molecule has 5 atom stereocenters. The third kappa shape index (κ3) is 5.21. The minimum Gasteiger partial charge on any atom is -0.349 e. The van der Waals surface area contributed by atoms with E-state index in [2.05, 4.69) is 42.2 Å². The van der Waals surface area contributed by atoms with Crippen molar-refractivity contribution in [1.82, 2.24) is 39.0 Å². The number of nitrogens with one attached hydrogen (secondary N) is 1. The van der Waals surface area contributed by atoms with Crippen LogP contribution in [0.3, 0.4) is 0 Å². The van der Waals surface area contributed by atoms with Gasteiger partial charge in [-0.15, -0.1) is 0 Å². The van der Waals surface area contributed by atoms with E-state index in [1.54, 1.807) is 4.57 Å². The van der Waals surface area contributed by atoms with Gasteiger partial charge in [0.25, 0.3) is 5.56 Å². The number of hydrogen-bond acceptors (Lipinski definition) is 13. The second-order valence-corrected chi connectivity index (χ2v) is 14.0. The van der Waals surface area contributed by atoms with Crippen molar-refractivity contribution < 1.29 is 32.3 Å². The Balaban J connectivity index is 1.34. The molecule has 2 unspecified atom stereocenters. The molecule has 1 fully saturated rings. The molecule has 0 aliphatic carbocycles. The first-order valence-electron chi connectivity index (χ1n) is 11.2. The minimum atomic E-state index is -3.85. The minimum absolute atomic E-state index is 0.0506. The maximum absolute atomic E-state index is 12.8. The second-order valence-electron chi connectivity index (χ2n) is 8.33. The third-order valence-electron chi connectivity index (χ3n) is 5.89. The average Bonchev–Trinajstić information content (AvgIpc) is 3.57. The number of rotatable bonds is 1. The molecule has 0 aromatic carbocycles. The van der Waals surface area contributed by atoms with Gasteiger partial charge in [-0.1, -0.05) is 12.2 Å². The van der Waals surface area contributed by atoms with Gasteiger partial charge in [-0.25, -0.2) is 29.5 Å². The molecular weight excluding hydrogens is 582 g/mol. The molecule has 202 valence electrons. The van der Waals surface area contributed by atoms with E-state index >= 15 is 0 Å². The molecule has 2 aliphatic rings. The van der Waals surface area contributed by atoms with Gasteiger partial charge in [0.2, 0.25) is 0 Å². The van der Waals surface area contributed by atoms with Crippen LogP contribution in [0.1, 0.15) is 18.5 Å². The van der Waals surface area contributed by atoms with Crippen LogP contribution >= 0.6 is 25.8 Å². The number of nitrogens with zero attached hydrogens (tertiary/aromatic N) is 7. The second kappa shape index (κ2) is 10.1. The lowest BCUT2D eigenvalue weighted by Gasteiger charge is -2.24. The van der Waals surface area contributed by atoms with Crippen LogP contribution in [0.4, 0.5) is 0 Å². The number of hydrogen-bond donors (Lipinski definition) is 3. The lowest BCUT2D eigenvalue weighted by molar-refractivity contribution is -0.0446. The van der Waals surface area contributed by atoms with E-state index in [1.165, 1.54) is 29.7 Å². The molecule has 2 N–H and O–H groups in total. The molecule has 4 aromatic heterocycles. The molecule has 4 aromatic rings. The van der Waals surface area contributed by atoms with Crippen LogP contribution in [0.25, 0.3) is 22.3 Å². The third-order valence-corrected chi connectivity index (χ3v) is 9.14. The van der Waals surface area contributed by atoms with Crippen LogP contribution in [0.5, 0.6) is 0 Å². The monoisotopic (exact) mass is 602 g/mol. The number of aromatic amines is 1. The fourth-order valence-electron chi connectivity index (χ4n) is 4.28. The predicted molar refractivity (Wildman–Crippen MR) is 137 cm³/mol. The standard InChI is InChI=1S/C18H20N8O8P2S2/c27-17-14-16(21-8-22-17)26(9-23-14)18-12-3-10(33-18)5-31-35(28,37)30-2-1-25-13(6-32-36(29,38)34-12)24-11-4-19-7-20-15(11)25/h4,7-10,12,18H,1-3,5-6H2,(H,28,37)(H,29,38)(H,21,22,27)/t10-,12+,18+,35?,36?/m0/s1. The molecule has 38 heavy (non-hydrogen) atoms. The van der Waals surface area contributed by atoms with Gasteiger partial charge in [-0.05, 0) is 11.8 Å². The summed E-state index contributed by atoms with van der Waals surface area (Å²) in [5.41, 5.74) is 0.844. The summed E-state index contributed by atoms with van der Waals surface area (Å²) in [6.45, 7) is -7.88. The first kappa shape index (κ1) is 26.1. The Morgan fingerprint density at radius 3 is 2.95 bits per heavy atom. The highest BCUT2D eigenvalue weighted by Crippen LogP contribution is 2.54. The molecule has 6 rings (SSSR count). The van der Waals surface area contributed by atoms with Crippen LogP contribution in [0.2, 0.25) is 0 Å². The van der Waals surface area contributed by atoms with Gasteiger partial charge in [0.05, 0.1) is 38.2 Å². The highest BCUT2D eigenvalue weighted by molar-refractivity contribution is 8.44. The van der Waals surface area contributed by atoms with Gasteiger partial charge in [-0.2, -0.15) is 0 Å². The molecule has 2 aliphatic heterocycles. The number of fused-ring (bicyclic) bond motifs is 6. The van der Waals surface area contributed by atoms with Crippen molar-refractivity contribution in [2.45, 2.75) is 38.0 Å². The van der Waals surface area contributed by atoms with E-state index in [0.717, 1.165) is 0 Å². The molecule has 0 amide bonds. The van der Waals surface area contributed by atoms with Gasteiger partial charge in [-0.3, -0.25) is 18.4 Å². The Morgan fingerprint density at radius 1 is 1.21 bits per heavy atom. The number of thiol groups is 1. The zero-order valence-corrected chi connectivity index (χ0v) is 22.8. The van der Waals surface area contributed by atoms with Crippen molar-refractivity contribution in [3.63, 3.8) is 0 Å². The van der Waals surface area contributed by atoms with Gasteiger partial charge in [0, 0.05) is 13.0 Å². The predicted octanol–water partition coefficient (Wildman–Crippen LogP) is 1.45. The molecule has 2 bridgehead atoms. The molecule has 0 saturated carbocycles. The van der Waals surface area contributed by atoms with Gasteiger partial charge < -0.3 is 28.2 Å². The molecule has 1 saturated heterocycles. The van der Waals surface area contributed by atoms with E-state index in [4.69, 9.17) is 34.6 Å². The van der Waals surface area contributed by atoms with E-state index in [9.17, 15) is 14.3 Å². The Bertz CT molecular complexity index is 1660. The van der Waals surface area contributed by atoms with Crippen molar-refractivity contribution in [2.24, 2.45) is 0 Å². The number of imidazole rings is 2. The largest absolute Gasteiger partial charge is 0.386 e. The van der Waals surface area contributed by atoms with E-state index in [-0.39, 0.29) is 44.0 Å². The van der Waals surface area contributed by atoms with Crippen LogP contribution in [0, 0.1) is 0 Å². The Morgan fingerprint density at radius 2 is 2.08 bits per heavy atom. The summed E-state index contributed by atoms with van der Waals surface area (Å²) in [7, 11) is 0. The summed E-state index contributed by atoms with van der Waals surface area (Å²) in [6, 6.07) is 0. The molecule has 20 heteroatoms. The molecule has 16 nitrogen and oxygen atoms in total. The van der Waals surface area contributed by atoms with Crippen molar-refractivity contribution in [1.29, 1.82) is 0 Å². The number of ether oxygens (including phenoxy) is 1. The van der Waals surface area contributed by atoms with Crippen LogP contribution < -0.4 is 5.56 Å². The van der Waals surface area contributed by atoms with Gasteiger partial charge in [0.1, 0.15) is 30.4 Å². The van der Waals surface area contributed by atoms with E-state index < -0.39 is 37.5 Å².